The summed E-state index contributed by atoms with van der Waals surface area (Å²) < 4.78 is 0. The summed E-state index contributed by atoms with van der Waals surface area (Å²) in [5.41, 5.74) is 1.21. The summed E-state index contributed by atoms with van der Waals surface area (Å²) in [4.78, 5) is 23.8. The Morgan fingerprint density at radius 2 is 2.15 bits per heavy atom. The Kier molecular flexibility index (Phi) is 4.74. The van der Waals surface area contributed by atoms with Gasteiger partial charge in [-0.2, -0.15) is 0 Å². The molecule has 1 heterocycles. The summed E-state index contributed by atoms with van der Waals surface area (Å²) in [5, 5.41) is 8.81. The highest BCUT2D eigenvalue weighted by molar-refractivity contribution is 5.97. The van der Waals surface area contributed by atoms with Gasteiger partial charge in [0.25, 0.3) is 5.91 Å². The van der Waals surface area contributed by atoms with Crippen molar-refractivity contribution in [3.63, 3.8) is 0 Å². The van der Waals surface area contributed by atoms with Crippen LogP contribution in [0.15, 0.2) is 24.3 Å². The van der Waals surface area contributed by atoms with Crippen molar-refractivity contribution in [3.8, 4) is 0 Å². The highest BCUT2D eigenvalue weighted by atomic mass is 16.2. The summed E-state index contributed by atoms with van der Waals surface area (Å²) in [6.45, 7) is 2.96. The first-order valence-electron chi connectivity index (χ1n) is 6.96. The van der Waals surface area contributed by atoms with Gasteiger partial charge in [0, 0.05) is 30.3 Å². The average molecular weight is 275 g/mol. The summed E-state index contributed by atoms with van der Waals surface area (Å²) in [6, 6.07) is 7.36. The molecule has 2 atom stereocenters. The van der Waals surface area contributed by atoms with Crippen molar-refractivity contribution in [1.82, 2.24) is 10.6 Å². The van der Waals surface area contributed by atoms with E-state index in [9.17, 15) is 9.59 Å². The Morgan fingerprint density at radius 1 is 1.35 bits per heavy atom. The maximum atomic E-state index is 12.2. The number of anilines is 1. The number of benzene rings is 1. The van der Waals surface area contributed by atoms with Crippen molar-refractivity contribution >= 4 is 17.5 Å². The van der Waals surface area contributed by atoms with E-state index in [1.807, 2.05) is 0 Å². The zero-order valence-electron chi connectivity index (χ0n) is 11.9. The minimum absolute atomic E-state index is 0.0346. The monoisotopic (exact) mass is 275 g/mol. The molecule has 1 aliphatic heterocycles. The zero-order valence-corrected chi connectivity index (χ0v) is 11.9. The number of hydrogen-bond acceptors (Lipinski definition) is 3. The van der Waals surface area contributed by atoms with Crippen LogP contribution < -0.4 is 16.0 Å². The van der Waals surface area contributed by atoms with Gasteiger partial charge in [-0.05, 0) is 44.5 Å². The van der Waals surface area contributed by atoms with E-state index in [2.05, 4.69) is 22.9 Å². The molecule has 0 radical (unpaired) electrons. The van der Waals surface area contributed by atoms with Gasteiger partial charge in [0.2, 0.25) is 5.91 Å². The van der Waals surface area contributed by atoms with Gasteiger partial charge in [-0.1, -0.05) is 6.07 Å². The third kappa shape index (κ3) is 3.57. The smallest absolute Gasteiger partial charge is 0.251 e. The Hall–Kier alpha value is -1.88. The molecule has 108 valence electrons. The highest BCUT2D eigenvalue weighted by Crippen LogP contribution is 2.19. The predicted octanol–water partition coefficient (Wildman–Crippen LogP) is 1.37. The largest absolute Gasteiger partial charge is 0.355 e. The lowest BCUT2D eigenvalue weighted by molar-refractivity contribution is -0.120. The lowest BCUT2D eigenvalue weighted by atomic mass is 9.92. The van der Waals surface area contributed by atoms with Crippen LogP contribution in [0.2, 0.25) is 0 Å². The second-order valence-electron chi connectivity index (χ2n) is 5.23. The number of carbonyl (C=O) groups excluding carboxylic acids is 2. The molecule has 0 saturated carbocycles. The van der Waals surface area contributed by atoms with Crippen LogP contribution in [0.5, 0.6) is 0 Å². The molecule has 1 aromatic carbocycles. The van der Waals surface area contributed by atoms with Crippen molar-refractivity contribution in [2.24, 2.45) is 5.92 Å². The number of nitrogens with one attached hydrogen (secondary N) is 3. The van der Waals surface area contributed by atoms with Gasteiger partial charge in [0.1, 0.15) is 0 Å². The third-order valence-corrected chi connectivity index (χ3v) is 3.61. The summed E-state index contributed by atoms with van der Waals surface area (Å²) in [6.07, 6.45) is 1.70. The molecule has 3 N–H and O–H groups in total. The molecule has 0 spiro atoms. The molecule has 0 aliphatic carbocycles. The first kappa shape index (κ1) is 14.5. The Labute approximate surface area is 119 Å². The molecule has 2 amide bonds. The number of carbonyl (C=O) groups is 2. The maximum Gasteiger partial charge on any atom is 0.251 e. The summed E-state index contributed by atoms with van der Waals surface area (Å²) in [5.74, 6) is -0.0843. The van der Waals surface area contributed by atoms with Crippen LogP contribution in [-0.2, 0) is 4.79 Å². The van der Waals surface area contributed by atoms with Crippen molar-refractivity contribution in [2.75, 3.05) is 18.9 Å². The standard InChI is InChI=1S/C15H21N3O2/c1-10-8-12(6-7-17-10)15(20)18-13-5-3-4-11(9-13)14(19)16-2/h3-5,9-10,12,17H,6-8H2,1-2H3,(H,16,19)(H,18,20). The van der Waals surface area contributed by atoms with Crippen LogP contribution in [0.25, 0.3) is 0 Å². The molecular weight excluding hydrogens is 254 g/mol. The molecule has 0 bridgehead atoms. The number of piperidine rings is 1. The second-order valence-corrected chi connectivity index (χ2v) is 5.23. The van der Waals surface area contributed by atoms with E-state index in [1.165, 1.54) is 0 Å². The first-order valence-corrected chi connectivity index (χ1v) is 6.96. The molecule has 5 heteroatoms. The van der Waals surface area contributed by atoms with Gasteiger partial charge in [-0.25, -0.2) is 0 Å². The number of rotatable bonds is 3. The van der Waals surface area contributed by atoms with Crippen LogP contribution in [-0.4, -0.2) is 31.4 Å². The van der Waals surface area contributed by atoms with Crippen molar-refractivity contribution in [1.29, 1.82) is 0 Å². The Bertz CT molecular complexity index is 502. The molecule has 5 nitrogen and oxygen atoms in total. The van der Waals surface area contributed by atoms with Crippen LogP contribution >= 0.6 is 0 Å². The number of amides is 2. The molecule has 1 fully saturated rings. The Morgan fingerprint density at radius 3 is 2.85 bits per heavy atom. The first-order chi connectivity index (χ1) is 9.60. The second kappa shape index (κ2) is 6.52. The van der Waals surface area contributed by atoms with Gasteiger partial charge in [-0.15, -0.1) is 0 Å². The quantitative estimate of drug-likeness (QED) is 0.780. The summed E-state index contributed by atoms with van der Waals surface area (Å²) >= 11 is 0. The molecule has 2 unspecified atom stereocenters. The fourth-order valence-electron chi connectivity index (χ4n) is 2.50. The fourth-order valence-corrected chi connectivity index (χ4v) is 2.50. The van der Waals surface area contributed by atoms with Crippen molar-refractivity contribution < 1.29 is 9.59 Å². The molecule has 2 rings (SSSR count). The highest BCUT2D eigenvalue weighted by Gasteiger charge is 2.24. The fraction of sp³-hybridized carbons (Fsp3) is 0.467. The molecular formula is C15H21N3O2. The van der Waals surface area contributed by atoms with Crippen molar-refractivity contribution in [3.05, 3.63) is 29.8 Å². The van der Waals surface area contributed by atoms with E-state index in [0.29, 0.717) is 17.3 Å². The van der Waals surface area contributed by atoms with E-state index in [4.69, 9.17) is 0 Å². The van der Waals surface area contributed by atoms with Gasteiger partial charge in [-0.3, -0.25) is 9.59 Å². The SMILES string of the molecule is CNC(=O)c1cccc(NC(=O)C2CCNC(C)C2)c1. The minimum Gasteiger partial charge on any atom is -0.355 e. The van der Waals surface area contributed by atoms with Crippen LogP contribution in [0.4, 0.5) is 5.69 Å². The Balaban J connectivity index is 2.02. The van der Waals surface area contributed by atoms with Gasteiger partial charge >= 0.3 is 0 Å². The van der Waals surface area contributed by atoms with E-state index in [0.717, 1.165) is 19.4 Å². The lowest BCUT2D eigenvalue weighted by Gasteiger charge is -2.27. The van der Waals surface area contributed by atoms with Crippen molar-refractivity contribution in [2.45, 2.75) is 25.8 Å². The molecule has 0 aromatic heterocycles. The van der Waals surface area contributed by atoms with Gasteiger partial charge in [0.05, 0.1) is 0 Å². The molecule has 1 saturated heterocycles. The minimum atomic E-state index is -0.156. The zero-order chi connectivity index (χ0) is 14.5. The maximum absolute atomic E-state index is 12.2. The van der Waals surface area contributed by atoms with E-state index in [-0.39, 0.29) is 17.7 Å². The average Bonchev–Trinajstić information content (AvgIpc) is 2.46. The van der Waals surface area contributed by atoms with Crippen LogP contribution in [0.3, 0.4) is 0 Å². The topological polar surface area (TPSA) is 70.2 Å². The third-order valence-electron chi connectivity index (χ3n) is 3.61. The van der Waals surface area contributed by atoms with E-state index < -0.39 is 0 Å². The molecule has 1 aliphatic rings. The normalized spacial score (nSPS) is 22.1. The predicted molar refractivity (Wildman–Crippen MR) is 78.7 cm³/mol. The lowest BCUT2D eigenvalue weighted by Crippen LogP contribution is -2.40. The summed E-state index contributed by atoms with van der Waals surface area (Å²) in [7, 11) is 1.59. The van der Waals surface area contributed by atoms with E-state index >= 15 is 0 Å². The van der Waals surface area contributed by atoms with Gasteiger partial charge in [0.15, 0.2) is 0 Å². The van der Waals surface area contributed by atoms with E-state index in [1.54, 1.807) is 31.3 Å². The molecule has 20 heavy (non-hydrogen) atoms. The molecule has 1 aromatic rings. The number of hydrogen-bond donors (Lipinski definition) is 3. The van der Waals surface area contributed by atoms with Gasteiger partial charge < -0.3 is 16.0 Å². The van der Waals surface area contributed by atoms with Crippen LogP contribution in [0, 0.1) is 5.92 Å². The van der Waals surface area contributed by atoms with Crippen LogP contribution in [0.1, 0.15) is 30.1 Å².